The van der Waals surface area contributed by atoms with Crippen molar-refractivity contribution in [3.8, 4) is 33.8 Å². The van der Waals surface area contributed by atoms with E-state index < -0.39 is 0 Å². The van der Waals surface area contributed by atoms with Gasteiger partial charge in [-0.25, -0.2) is 14.5 Å². The number of rotatable bonds is 7. The Morgan fingerprint density at radius 1 is 0.778 bits per heavy atom. The van der Waals surface area contributed by atoms with E-state index in [1.807, 2.05) is 12.1 Å². The molecule has 0 spiro atoms. The van der Waals surface area contributed by atoms with Gasteiger partial charge in [0, 0.05) is 30.1 Å². The Hall–Kier alpha value is -4.36. The fourth-order valence-corrected chi connectivity index (χ4v) is 4.80. The number of nitrogens with zero attached hydrogens (tertiary/aromatic N) is 7. The van der Waals surface area contributed by atoms with E-state index in [0.717, 1.165) is 64.1 Å². The molecule has 178 valence electrons. The molecular formula is C29H27N7. The van der Waals surface area contributed by atoms with Gasteiger partial charge in [-0.05, 0) is 50.3 Å². The first kappa shape index (κ1) is 22.1. The second-order valence-corrected chi connectivity index (χ2v) is 9.15. The third-order valence-corrected chi connectivity index (χ3v) is 6.42. The van der Waals surface area contributed by atoms with Crippen LogP contribution in [0.25, 0.3) is 50.5 Å². The molecular weight excluding hydrogens is 446 g/mol. The van der Waals surface area contributed by atoms with Crippen LogP contribution in [-0.4, -0.2) is 54.7 Å². The van der Waals surface area contributed by atoms with E-state index in [9.17, 15) is 0 Å². The van der Waals surface area contributed by atoms with Crippen LogP contribution in [0.5, 0.6) is 0 Å². The van der Waals surface area contributed by atoms with E-state index in [4.69, 9.17) is 15.1 Å². The van der Waals surface area contributed by atoms with E-state index in [-0.39, 0.29) is 0 Å². The first-order chi connectivity index (χ1) is 17.7. The van der Waals surface area contributed by atoms with Gasteiger partial charge in [0.25, 0.3) is 0 Å². The molecule has 4 heterocycles. The highest BCUT2D eigenvalue weighted by atomic mass is 15.3. The largest absolute Gasteiger partial charge is 0.324 e. The molecule has 2 aromatic carbocycles. The highest BCUT2D eigenvalue weighted by molar-refractivity contribution is 6.09. The average molecular weight is 474 g/mol. The number of aromatic nitrogens is 6. The minimum atomic E-state index is 0.660. The summed E-state index contributed by atoms with van der Waals surface area (Å²) in [4.78, 5) is 16.3. The predicted octanol–water partition coefficient (Wildman–Crippen LogP) is 5.43. The van der Waals surface area contributed by atoms with E-state index >= 15 is 0 Å². The molecule has 0 saturated heterocycles. The molecule has 4 aromatic heterocycles. The molecule has 0 aliphatic heterocycles. The molecule has 0 fully saturated rings. The Labute approximate surface area is 209 Å². The second kappa shape index (κ2) is 9.36. The van der Waals surface area contributed by atoms with Gasteiger partial charge in [-0.3, -0.25) is 4.98 Å². The Kier molecular flexibility index (Phi) is 5.75. The maximum atomic E-state index is 5.02. The van der Waals surface area contributed by atoms with Gasteiger partial charge in [-0.1, -0.05) is 60.7 Å². The third kappa shape index (κ3) is 3.93. The van der Waals surface area contributed by atoms with Gasteiger partial charge in [-0.15, -0.1) is 5.10 Å². The van der Waals surface area contributed by atoms with Crippen molar-refractivity contribution in [1.29, 1.82) is 0 Å². The van der Waals surface area contributed by atoms with Gasteiger partial charge in [0.2, 0.25) is 0 Å². The molecule has 7 heteroatoms. The van der Waals surface area contributed by atoms with Crippen molar-refractivity contribution in [2.24, 2.45) is 0 Å². The number of aryl methyl sites for hydroxylation is 1. The number of pyridine rings is 1. The van der Waals surface area contributed by atoms with Crippen LogP contribution in [0.15, 0.2) is 91.5 Å². The quantitative estimate of drug-likeness (QED) is 0.310. The van der Waals surface area contributed by atoms with E-state index in [2.05, 4.69) is 89.2 Å². The lowest BCUT2D eigenvalue weighted by atomic mass is 9.99. The average Bonchev–Trinajstić information content (AvgIpc) is 3.50. The van der Waals surface area contributed by atoms with Crippen LogP contribution in [0.1, 0.15) is 6.42 Å². The number of fused-ring (bicyclic) bond motifs is 3. The minimum Gasteiger partial charge on any atom is -0.324 e. The van der Waals surface area contributed by atoms with Crippen molar-refractivity contribution < 1.29 is 0 Å². The molecule has 0 bridgehead atoms. The van der Waals surface area contributed by atoms with Crippen molar-refractivity contribution in [2.75, 3.05) is 20.6 Å². The van der Waals surface area contributed by atoms with Crippen molar-refractivity contribution in [2.45, 2.75) is 13.0 Å². The Bertz CT molecular complexity index is 1620. The lowest BCUT2D eigenvalue weighted by Gasteiger charge is -2.14. The van der Waals surface area contributed by atoms with Gasteiger partial charge in [0.05, 0.1) is 11.1 Å². The number of benzene rings is 2. The molecule has 0 aliphatic rings. The van der Waals surface area contributed by atoms with Crippen LogP contribution < -0.4 is 0 Å². The Balaban J connectivity index is 1.69. The number of hydrogen-bond donors (Lipinski definition) is 0. The summed E-state index contributed by atoms with van der Waals surface area (Å²) in [6.07, 6.45) is 6.31. The molecule has 0 radical (unpaired) electrons. The summed E-state index contributed by atoms with van der Waals surface area (Å²) >= 11 is 0. The van der Waals surface area contributed by atoms with E-state index in [1.54, 1.807) is 23.2 Å². The fourth-order valence-electron chi connectivity index (χ4n) is 4.80. The van der Waals surface area contributed by atoms with Crippen LogP contribution in [-0.2, 0) is 6.54 Å². The molecule has 0 amide bonds. The summed E-state index contributed by atoms with van der Waals surface area (Å²) in [6, 6.07) is 25.0. The summed E-state index contributed by atoms with van der Waals surface area (Å²) in [6.45, 7) is 1.84. The molecule has 0 unspecified atom stereocenters. The molecule has 7 nitrogen and oxygen atoms in total. The van der Waals surface area contributed by atoms with Crippen molar-refractivity contribution in [3.05, 3.63) is 91.5 Å². The second-order valence-electron chi connectivity index (χ2n) is 9.15. The van der Waals surface area contributed by atoms with Crippen molar-refractivity contribution >= 4 is 16.7 Å². The maximum Gasteiger partial charge on any atom is 0.182 e. The standard InChI is InChI=1S/C29H27N7/c1-34(2)18-9-19-35-26(22-12-7-4-8-13-22)24(21-10-5-3-6-11-21)25-28(35)31-20-36-29(25)32-27(33-36)23-14-16-30-17-15-23/h3-8,10-17,20H,9,18-19H2,1-2H3. The summed E-state index contributed by atoms with van der Waals surface area (Å²) < 4.78 is 4.15. The molecule has 0 aliphatic carbocycles. The SMILES string of the molecule is CN(C)CCCn1c(-c2ccccc2)c(-c2ccccc2)c2c1ncn1nc(-c3ccncc3)nc21. The van der Waals surface area contributed by atoms with E-state index in [0.29, 0.717) is 5.82 Å². The van der Waals surface area contributed by atoms with Gasteiger partial charge >= 0.3 is 0 Å². The topological polar surface area (TPSA) is 64.1 Å². The molecule has 0 N–H and O–H groups in total. The maximum absolute atomic E-state index is 5.02. The van der Waals surface area contributed by atoms with Crippen molar-refractivity contribution in [3.63, 3.8) is 0 Å². The summed E-state index contributed by atoms with van der Waals surface area (Å²) in [5, 5.41) is 5.78. The fraction of sp³-hybridized carbons (Fsp3) is 0.172. The first-order valence-corrected chi connectivity index (χ1v) is 12.1. The normalized spacial score (nSPS) is 11.6. The molecule has 6 rings (SSSR count). The summed E-state index contributed by atoms with van der Waals surface area (Å²) in [7, 11) is 4.22. The Morgan fingerprint density at radius 3 is 2.17 bits per heavy atom. The molecule has 6 aromatic rings. The predicted molar refractivity (Wildman–Crippen MR) is 144 cm³/mol. The zero-order valence-corrected chi connectivity index (χ0v) is 20.4. The monoisotopic (exact) mass is 473 g/mol. The zero-order valence-electron chi connectivity index (χ0n) is 20.4. The minimum absolute atomic E-state index is 0.660. The van der Waals surface area contributed by atoms with Crippen LogP contribution in [0, 0.1) is 0 Å². The summed E-state index contributed by atoms with van der Waals surface area (Å²) in [5.41, 5.74) is 7.24. The molecule has 36 heavy (non-hydrogen) atoms. The highest BCUT2D eigenvalue weighted by Gasteiger charge is 2.24. The lowest BCUT2D eigenvalue weighted by Crippen LogP contribution is -2.15. The van der Waals surface area contributed by atoms with Crippen LogP contribution in [0.3, 0.4) is 0 Å². The lowest BCUT2D eigenvalue weighted by molar-refractivity contribution is 0.388. The van der Waals surface area contributed by atoms with Crippen molar-refractivity contribution in [1.82, 2.24) is 34.0 Å². The van der Waals surface area contributed by atoms with Gasteiger partial charge in [0.1, 0.15) is 12.0 Å². The van der Waals surface area contributed by atoms with Crippen LogP contribution >= 0.6 is 0 Å². The zero-order chi connectivity index (χ0) is 24.5. The third-order valence-electron chi connectivity index (χ3n) is 6.42. The number of hydrogen-bond acceptors (Lipinski definition) is 5. The van der Waals surface area contributed by atoms with Gasteiger partial charge in [0.15, 0.2) is 11.5 Å². The van der Waals surface area contributed by atoms with Gasteiger partial charge < -0.3 is 9.47 Å². The van der Waals surface area contributed by atoms with Crippen LogP contribution in [0.4, 0.5) is 0 Å². The smallest absolute Gasteiger partial charge is 0.182 e. The molecule has 0 atom stereocenters. The highest BCUT2D eigenvalue weighted by Crippen LogP contribution is 2.42. The summed E-state index contributed by atoms with van der Waals surface area (Å²) in [5.74, 6) is 0.660. The van der Waals surface area contributed by atoms with Gasteiger partial charge in [-0.2, -0.15) is 0 Å². The van der Waals surface area contributed by atoms with E-state index in [1.165, 1.54) is 0 Å². The first-order valence-electron chi connectivity index (χ1n) is 12.1. The van der Waals surface area contributed by atoms with Crippen LogP contribution in [0.2, 0.25) is 0 Å². The Morgan fingerprint density at radius 2 is 1.47 bits per heavy atom. The molecule has 0 saturated carbocycles.